The van der Waals surface area contributed by atoms with Crippen LogP contribution in [0.5, 0.6) is 0 Å². The lowest BCUT2D eigenvalue weighted by Gasteiger charge is -2.22. The van der Waals surface area contributed by atoms with Crippen molar-refractivity contribution in [1.82, 2.24) is 20.2 Å². The average Bonchev–Trinajstić information content (AvgIpc) is 3.31. The molecule has 3 rings (SSSR count). The van der Waals surface area contributed by atoms with Gasteiger partial charge in [0.15, 0.2) is 0 Å². The van der Waals surface area contributed by atoms with Crippen molar-refractivity contribution in [2.45, 2.75) is 39.0 Å². The number of aliphatic hydroxyl groups excluding tert-OH is 1. The lowest BCUT2D eigenvalue weighted by Crippen LogP contribution is -2.35. The largest absolute Gasteiger partial charge is 0.392 e. The van der Waals surface area contributed by atoms with Crippen LogP contribution in [-0.4, -0.2) is 59.0 Å². The van der Waals surface area contributed by atoms with Gasteiger partial charge in [-0.3, -0.25) is 24.7 Å². The molecule has 3 N–H and O–H groups in total. The monoisotopic (exact) mass is 438 g/mol. The molecule has 32 heavy (non-hydrogen) atoms. The lowest BCUT2D eigenvalue weighted by atomic mass is 10.1. The summed E-state index contributed by atoms with van der Waals surface area (Å²) in [5.74, 6) is 0.328. The minimum absolute atomic E-state index is 0.0780. The molecule has 1 fully saturated rings. The van der Waals surface area contributed by atoms with Gasteiger partial charge in [0.05, 0.1) is 13.3 Å². The number of aliphatic hydroxyl groups is 1. The van der Waals surface area contributed by atoms with Crippen molar-refractivity contribution in [1.29, 1.82) is 0 Å². The van der Waals surface area contributed by atoms with Crippen molar-refractivity contribution >= 4 is 18.5 Å². The molecule has 1 aromatic carbocycles. The summed E-state index contributed by atoms with van der Waals surface area (Å²) in [6, 6.07) is 7.80. The van der Waals surface area contributed by atoms with Crippen LogP contribution in [0.4, 0.5) is 0 Å². The summed E-state index contributed by atoms with van der Waals surface area (Å²) in [5, 5.41) is 15.7. The van der Waals surface area contributed by atoms with Crippen LogP contribution in [0, 0.1) is 0 Å². The number of carbonyl (C=O) groups is 1. The zero-order valence-electron chi connectivity index (χ0n) is 18.3. The summed E-state index contributed by atoms with van der Waals surface area (Å²) in [6.07, 6.45) is 6.75. The highest BCUT2D eigenvalue weighted by Crippen LogP contribution is 2.10. The number of nitrogens with one attached hydrogen (secondary N) is 2. The highest BCUT2D eigenvalue weighted by molar-refractivity contribution is 6.00. The molecular weight excluding hydrogens is 408 g/mol. The molecule has 9 heteroatoms. The number of nitrogens with zero attached hydrogens (tertiary/aromatic N) is 4. The first-order valence-corrected chi connectivity index (χ1v) is 10.6. The van der Waals surface area contributed by atoms with Gasteiger partial charge < -0.3 is 15.2 Å². The van der Waals surface area contributed by atoms with E-state index in [-0.39, 0.29) is 18.2 Å². The summed E-state index contributed by atoms with van der Waals surface area (Å²) >= 11 is 0. The highest BCUT2D eigenvalue weighted by Gasteiger charge is 2.15. The SMILES string of the molecule is C=N/C=C(/C)C(=NCNC1CCOCC1)n1cnc(C(=O)NCc2ccccc2CO)c1. The third-order valence-corrected chi connectivity index (χ3v) is 5.26. The summed E-state index contributed by atoms with van der Waals surface area (Å²) in [4.78, 5) is 25.4. The predicted molar refractivity (Wildman–Crippen MR) is 124 cm³/mol. The van der Waals surface area contributed by atoms with Crippen molar-refractivity contribution in [2.75, 3.05) is 19.9 Å². The van der Waals surface area contributed by atoms with Crippen molar-refractivity contribution in [3.63, 3.8) is 0 Å². The topological polar surface area (TPSA) is 113 Å². The van der Waals surface area contributed by atoms with Gasteiger partial charge in [0.1, 0.15) is 17.9 Å². The lowest BCUT2D eigenvalue weighted by molar-refractivity contribution is 0.0783. The Kier molecular flexibility index (Phi) is 8.85. The fraction of sp³-hybridized carbons (Fsp3) is 0.391. The van der Waals surface area contributed by atoms with Crippen molar-refractivity contribution in [3.05, 3.63) is 65.4 Å². The molecule has 0 radical (unpaired) electrons. The first-order chi connectivity index (χ1) is 15.6. The fourth-order valence-electron chi connectivity index (χ4n) is 3.46. The van der Waals surface area contributed by atoms with E-state index in [1.807, 2.05) is 31.2 Å². The second kappa shape index (κ2) is 12.0. The Bertz CT molecular complexity index is 976. The zero-order valence-corrected chi connectivity index (χ0v) is 18.3. The number of rotatable bonds is 9. The summed E-state index contributed by atoms with van der Waals surface area (Å²) in [5.41, 5.74) is 2.72. The van der Waals surface area contributed by atoms with Gasteiger partial charge in [-0.15, -0.1) is 0 Å². The number of benzene rings is 1. The summed E-state index contributed by atoms with van der Waals surface area (Å²) < 4.78 is 7.09. The molecule has 0 spiro atoms. The van der Waals surface area contributed by atoms with E-state index < -0.39 is 0 Å². The van der Waals surface area contributed by atoms with Gasteiger partial charge in [-0.25, -0.2) is 4.98 Å². The molecule has 1 aliphatic heterocycles. The minimum Gasteiger partial charge on any atom is -0.392 e. The third kappa shape index (κ3) is 6.43. The predicted octanol–water partition coefficient (Wildman–Crippen LogP) is 1.88. The van der Waals surface area contributed by atoms with E-state index in [1.165, 1.54) is 0 Å². The number of hydrogen-bond acceptors (Lipinski definition) is 7. The number of aliphatic imine (C=N–C) groups is 2. The van der Waals surface area contributed by atoms with Gasteiger partial charge in [-0.1, -0.05) is 24.3 Å². The molecular formula is C23H30N6O3. The molecule has 0 unspecified atom stereocenters. The summed E-state index contributed by atoms with van der Waals surface area (Å²) in [7, 11) is 0. The Morgan fingerprint density at radius 3 is 2.81 bits per heavy atom. The number of carbonyl (C=O) groups excluding carboxylic acids is 1. The van der Waals surface area contributed by atoms with Crippen LogP contribution in [-0.2, 0) is 17.9 Å². The molecule has 0 bridgehead atoms. The Morgan fingerprint density at radius 2 is 2.09 bits per heavy atom. The minimum atomic E-state index is -0.306. The number of aromatic nitrogens is 2. The first kappa shape index (κ1) is 23.5. The van der Waals surface area contributed by atoms with Crippen LogP contribution in [0.1, 0.15) is 41.4 Å². The molecule has 1 amide bonds. The van der Waals surface area contributed by atoms with Crippen molar-refractivity contribution in [2.24, 2.45) is 9.98 Å². The third-order valence-electron chi connectivity index (χ3n) is 5.26. The molecule has 9 nitrogen and oxygen atoms in total. The maximum Gasteiger partial charge on any atom is 0.271 e. The number of imidazole rings is 1. The van der Waals surface area contributed by atoms with E-state index in [1.54, 1.807) is 23.3 Å². The van der Waals surface area contributed by atoms with Gasteiger partial charge in [-0.05, 0) is 37.6 Å². The first-order valence-electron chi connectivity index (χ1n) is 10.6. The van der Waals surface area contributed by atoms with Gasteiger partial charge in [0.25, 0.3) is 5.91 Å². The van der Waals surface area contributed by atoms with Gasteiger partial charge in [0.2, 0.25) is 0 Å². The average molecular weight is 439 g/mol. The van der Waals surface area contributed by atoms with Crippen LogP contribution < -0.4 is 10.6 Å². The molecule has 0 atom stereocenters. The molecule has 0 aliphatic carbocycles. The van der Waals surface area contributed by atoms with Gasteiger partial charge in [-0.2, -0.15) is 0 Å². The molecule has 2 aromatic rings. The Labute approximate surface area is 188 Å². The maximum absolute atomic E-state index is 12.6. The van der Waals surface area contributed by atoms with Gasteiger partial charge in [0, 0.05) is 43.8 Å². The van der Waals surface area contributed by atoms with Crippen LogP contribution in [0.2, 0.25) is 0 Å². The Balaban J connectivity index is 1.68. The van der Waals surface area contributed by atoms with E-state index >= 15 is 0 Å². The molecule has 1 saturated heterocycles. The molecule has 170 valence electrons. The van der Waals surface area contributed by atoms with E-state index in [0.717, 1.165) is 42.8 Å². The number of ether oxygens (including phenoxy) is 1. The number of allylic oxidation sites excluding steroid dienone is 1. The van der Waals surface area contributed by atoms with E-state index in [9.17, 15) is 9.90 Å². The standard InChI is InChI=1S/C23H30N6O3/c1-17(11-24-2)22(27-15-26-20-7-9-32-10-8-20)29-13-21(28-16-29)23(31)25-12-18-5-3-4-6-19(18)14-30/h3-6,11,13,16,20,26,30H,2,7-10,12,14-15H2,1H3,(H,25,31)/b17-11-,27-22?. The second-order valence-corrected chi connectivity index (χ2v) is 7.50. The van der Waals surface area contributed by atoms with Crippen molar-refractivity contribution < 1.29 is 14.6 Å². The molecule has 0 saturated carbocycles. The Hall–Kier alpha value is -3.14. The van der Waals surface area contributed by atoms with E-state index in [2.05, 4.69) is 32.3 Å². The van der Waals surface area contributed by atoms with Gasteiger partial charge >= 0.3 is 0 Å². The van der Waals surface area contributed by atoms with Crippen molar-refractivity contribution in [3.8, 4) is 0 Å². The smallest absolute Gasteiger partial charge is 0.271 e. The Morgan fingerprint density at radius 1 is 1.34 bits per heavy atom. The molecule has 2 heterocycles. The molecule has 1 aliphatic rings. The number of amides is 1. The quantitative estimate of drug-likeness (QED) is 0.409. The second-order valence-electron chi connectivity index (χ2n) is 7.50. The van der Waals surface area contributed by atoms with Crippen LogP contribution >= 0.6 is 0 Å². The maximum atomic E-state index is 12.6. The zero-order chi connectivity index (χ0) is 22.8. The molecule has 1 aromatic heterocycles. The highest BCUT2D eigenvalue weighted by atomic mass is 16.5. The normalized spacial score (nSPS) is 15.6. The fourth-order valence-corrected chi connectivity index (χ4v) is 3.46. The summed E-state index contributed by atoms with van der Waals surface area (Å²) in [6.45, 7) is 7.57. The van der Waals surface area contributed by atoms with Crippen LogP contribution in [0.15, 0.2) is 58.5 Å². The van der Waals surface area contributed by atoms with E-state index in [0.29, 0.717) is 25.1 Å². The van der Waals surface area contributed by atoms with Crippen LogP contribution in [0.25, 0.3) is 0 Å². The van der Waals surface area contributed by atoms with Crippen LogP contribution in [0.3, 0.4) is 0 Å². The number of hydrogen-bond donors (Lipinski definition) is 3. The van der Waals surface area contributed by atoms with E-state index in [4.69, 9.17) is 4.74 Å².